The number of nitrogens with one attached hydrogen (secondary N) is 1. The molecule has 136 valence electrons. The lowest BCUT2D eigenvalue weighted by molar-refractivity contribution is -0.141. The number of carbonyl (C=O) groups is 1. The number of hydrogen-bond donors (Lipinski definition) is 1. The van der Waals surface area contributed by atoms with Crippen LogP contribution in [-0.2, 0) is 22.5 Å². The van der Waals surface area contributed by atoms with Crippen molar-refractivity contribution >= 4 is 28.5 Å². The molecule has 0 unspecified atom stereocenters. The molecule has 1 N–H and O–H groups in total. The Bertz CT molecular complexity index is 939. The zero-order valence-corrected chi connectivity index (χ0v) is 13.6. The molecule has 0 amide bonds. The Morgan fingerprint density at radius 1 is 1.31 bits per heavy atom. The van der Waals surface area contributed by atoms with Crippen molar-refractivity contribution in [3.63, 3.8) is 0 Å². The van der Waals surface area contributed by atoms with Gasteiger partial charge < -0.3 is 10.1 Å². The van der Waals surface area contributed by atoms with Crippen molar-refractivity contribution in [2.75, 3.05) is 12.4 Å². The molecule has 2 aromatic heterocycles. The Morgan fingerprint density at radius 2 is 2.12 bits per heavy atom. The van der Waals surface area contributed by atoms with E-state index in [1.807, 2.05) is 0 Å². The van der Waals surface area contributed by atoms with Crippen LogP contribution in [0.1, 0.15) is 5.56 Å². The van der Waals surface area contributed by atoms with E-state index >= 15 is 0 Å². The largest absolute Gasteiger partial charge is 0.468 e. The van der Waals surface area contributed by atoms with Crippen LogP contribution in [0.15, 0.2) is 36.8 Å². The first-order valence-electron chi connectivity index (χ1n) is 7.52. The lowest BCUT2D eigenvalue weighted by Crippen LogP contribution is -2.13. The normalized spacial score (nSPS) is 11.5. The minimum absolute atomic E-state index is 0.114. The summed E-state index contributed by atoms with van der Waals surface area (Å²) >= 11 is 0. The van der Waals surface area contributed by atoms with Crippen LogP contribution in [0.2, 0.25) is 0 Å². The summed E-state index contributed by atoms with van der Waals surface area (Å²) < 4.78 is 43.6. The number of hydrogen-bond acceptors (Lipinski definition) is 6. The second-order valence-corrected chi connectivity index (χ2v) is 5.46. The zero-order valence-electron chi connectivity index (χ0n) is 13.6. The first-order valence-corrected chi connectivity index (χ1v) is 7.52. The summed E-state index contributed by atoms with van der Waals surface area (Å²) in [5.41, 5.74) is 0.987. The fourth-order valence-corrected chi connectivity index (χ4v) is 2.42. The SMILES string of the molecule is COC(=O)Cn1ncc2c(Nc3cccc(CC(F)(F)F)c3)ncnc21. The van der Waals surface area contributed by atoms with E-state index in [-0.39, 0.29) is 12.1 Å². The number of methoxy groups -OCH3 is 1. The molecule has 3 rings (SSSR count). The van der Waals surface area contributed by atoms with Crippen molar-refractivity contribution in [2.24, 2.45) is 0 Å². The van der Waals surface area contributed by atoms with Crippen LogP contribution in [0.5, 0.6) is 0 Å². The Labute approximate surface area is 145 Å². The first kappa shape index (κ1) is 17.6. The number of fused-ring (bicyclic) bond motifs is 1. The molecule has 0 aliphatic rings. The van der Waals surface area contributed by atoms with E-state index in [1.165, 1.54) is 42.5 Å². The lowest BCUT2D eigenvalue weighted by Gasteiger charge is -2.10. The average molecular weight is 365 g/mol. The molecule has 0 radical (unpaired) electrons. The van der Waals surface area contributed by atoms with Crippen molar-refractivity contribution in [1.82, 2.24) is 19.7 Å². The number of carbonyl (C=O) groups excluding carboxylic acids is 1. The van der Waals surface area contributed by atoms with Gasteiger partial charge in [0.05, 0.1) is 25.1 Å². The summed E-state index contributed by atoms with van der Waals surface area (Å²) in [7, 11) is 1.27. The Balaban J connectivity index is 1.88. The van der Waals surface area contributed by atoms with E-state index in [2.05, 4.69) is 25.1 Å². The molecule has 3 aromatic rings. The minimum Gasteiger partial charge on any atom is -0.468 e. The van der Waals surface area contributed by atoms with Gasteiger partial charge in [-0.15, -0.1) is 0 Å². The predicted molar refractivity (Wildman–Crippen MR) is 86.8 cm³/mol. The predicted octanol–water partition coefficient (Wildman–Crippen LogP) is 2.85. The van der Waals surface area contributed by atoms with Crippen LogP contribution in [0.3, 0.4) is 0 Å². The van der Waals surface area contributed by atoms with Gasteiger partial charge in [-0.05, 0) is 17.7 Å². The molecule has 10 heteroatoms. The summed E-state index contributed by atoms with van der Waals surface area (Å²) in [6.07, 6.45) is -2.55. The Morgan fingerprint density at radius 3 is 2.85 bits per heavy atom. The van der Waals surface area contributed by atoms with Crippen molar-refractivity contribution in [3.8, 4) is 0 Å². The van der Waals surface area contributed by atoms with Gasteiger partial charge in [0.2, 0.25) is 0 Å². The molecule has 0 atom stereocenters. The van der Waals surface area contributed by atoms with Crippen molar-refractivity contribution in [3.05, 3.63) is 42.4 Å². The lowest BCUT2D eigenvalue weighted by atomic mass is 10.1. The second kappa shape index (κ2) is 6.98. The molecule has 2 heterocycles. The third kappa shape index (κ3) is 4.08. The third-order valence-electron chi connectivity index (χ3n) is 3.53. The summed E-state index contributed by atoms with van der Waals surface area (Å²) in [5, 5.41) is 7.57. The number of rotatable bonds is 5. The minimum atomic E-state index is -4.28. The fourth-order valence-electron chi connectivity index (χ4n) is 2.42. The number of anilines is 2. The highest BCUT2D eigenvalue weighted by Gasteiger charge is 2.27. The fraction of sp³-hybridized carbons (Fsp3) is 0.250. The number of alkyl halides is 3. The molecular weight excluding hydrogens is 351 g/mol. The highest BCUT2D eigenvalue weighted by Crippen LogP contribution is 2.26. The summed E-state index contributed by atoms with van der Waals surface area (Å²) in [4.78, 5) is 19.6. The van der Waals surface area contributed by atoms with Crippen LogP contribution in [0.4, 0.5) is 24.7 Å². The standard InChI is InChI=1S/C16H14F3N5O2/c1-26-13(25)8-24-15-12(7-22-24)14(20-9-21-15)23-11-4-2-3-10(5-11)6-16(17,18)19/h2-5,7,9H,6,8H2,1H3,(H,20,21,23). The van der Waals surface area contributed by atoms with E-state index < -0.39 is 18.6 Å². The molecule has 0 saturated carbocycles. The Hall–Kier alpha value is -3.17. The van der Waals surface area contributed by atoms with Crippen LogP contribution in [-0.4, -0.2) is 39.0 Å². The first-order chi connectivity index (χ1) is 12.4. The van der Waals surface area contributed by atoms with Gasteiger partial charge in [-0.25, -0.2) is 14.6 Å². The number of benzene rings is 1. The van der Waals surface area contributed by atoms with E-state index in [9.17, 15) is 18.0 Å². The van der Waals surface area contributed by atoms with Crippen LogP contribution in [0, 0.1) is 0 Å². The summed E-state index contributed by atoms with van der Waals surface area (Å²) in [5.74, 6) is -0.113. The molecule has 1 aromatic carbocycles. The van der Waals surface area contributed by atoms with Gasteiger partial charge in [-0.2, -0.15) is 18.3 Å². The average Bonchev–Trinajstić information content (AvgIpc) is 2.97. The number of aromatic nitrogens is 4. The van der Waals surface area contributed by atoms with Gasteiger partial charge in [0.15, 0.2) is 5.65 Å². The van der Waals surface area contributed by atoms with Crippen LogP contribution < -0.4 is 5.32 Å². The topological polar surface area (TPSA) is 81.9 Å². The molecule has 7 nitrogen and oxygen atoms in total. The van der Waals surface area contributed by atoms with Gasteiger partial charge in [-0.3, -0.25) is 4.79 Å². The van der Waals surface area contributed by atoms with Crippen LogP contribution >= 0.6 is 0 Å². The molecular formula is C16H14F3N5O2. The second-order valence-electron chi connectivity index (χ2n) is 5.46. The van der Waals surface area contributed by atoms with Gasteiger partial charge in [0, 0.05) is 5.69 Å². The Kier molecular flexibility index (Phi) is 4.74. The maximum atomic E-state index is 12.6. The van der Waals surface area contributed by atoms with Crippen LogP contribution in [0.25, 0.3) is 11.0 Å². The third-order valence-corrected chi connectivity index (χ3v) is 3.53. The molecule has 0 aliphatic heterocycles. The van der Waals surface area contributed by atoms with Crippen molar-refractivity contribution in [1.29, 1.82) is 0 Å². The van der Waals surface area contributed by atoms with Crippen molar-refractivity contribution < 1.29 is 22.7 Å². The maximum Gasteiger partial charge on any atom is 0.393 e. The van der Waals surface area contributed by atoms with Gasteiger partial charge in [0.25, 0.3) is 0 Å². The van der Waals surface area contributed by atoms with E-state index in [0.29, 0.717) is 22.5 Å². The number of esters is 1. The van der Waals surface area contributed by atoms with Gasteiger partial charge >= 0.3 is 12.1 Å². The molecule has 26 heavy (non-hydrogen) atoms. The van der Waals surface area contributed by atoms with Crippen molar-refractivity contribution in [2.45, 2.75) is 19.1 Å². The number of halogens is 3. The number of nitrogens with zero attached hydrogens (tertiary/aromatic N) is 4. The quantitative estimate of drug-likeness (QED) is 0.700. The van der Waals surface area contributed by atoms with Gasteiger partial charge in [-0.1, -0.05) is 12.1 Å². The molecule has 0 fully saturated rings. The van der Waals surface area contributed by atoms with E-state index in [1.54, 1.807) is 6.07 Å². The number of ether oxygens (including phenoxy) is 1. The maximum absolute atomic E-state index is 12.6. The highest BCUT2D eigenvalue weighted by molar-refractivity contribution is 5.88. The molecule has 0 bridgehead atoms. The van der Waals surface area contributed by atoms with E-state index in [4.69, 9.17) is 0 Å². The smallest absolute Gasteiger partial charge is 0.393 e. The van der Waals surface area contributed by atoms with Gasteiger partial charge in [0.1, 0.15) is 18.7 Å². The van der Waals surface area contributed by atoms with E-state index in [0.717, 1.165) is 0 Å². The monoisotopic (exact) mass is 365 g/mol. The molecule has 0 spiro atoms. The zero-order chi connectivity index (χ0) is 18.7. The summed E-state index contributed by atoms with van der Waals surface area (Å²) in [6.45, 7) is -0.114. The molecule has 0 aliphatic carbocycles. The summed E-state index contributed by atoms with van der Waals surface area (Å²) in [6, 6.07) is 5.97. The highest BCUT2D eigenvalue weighted by atomic mass is 19.4. The molecule has 0 saturated heterocycles.